The summed E-state index contributed by atoms with van der Waals surface area (Å²) in [5.74, 6) is 0.741. The van der Waals surface area contributed by atoms with Crippen molar-refractivity contribution in [3.8, 4) is 16.9 Å². The van der Waals surface area contributed by atoms with E-state index in [1.54, 1.807) is 31.2 Å². The lowest BCUT2D eigenvalue weighted by atomic mass is 10.1. The van der Waals surface area contributed by atoms with Crippen LogP contribution in [0.2, 0.25) is 0 Å². The van der Waals surface area contributed by atoms with Crippen molar-refractivity contribution < 1.29 is 17.3 Å². The van der Waals surface area contributed by atoms with Gasteiger partial charge in [0.1, 0.15) is 5.75 Å². The molecule has 4 nitrogen and oxygen atoms in total. The molecular formula is C24H26O4S. The summed E-state index contributed by atoms with van der Waals surface area (Å²) in [6.07, 6.45) is -0.244. The van der Waals surface area contributed by atoms with Crippen molar-refractivity contribution in [3.63, 3.8) is 0 Å². The molecule has 3 aromatic rings. The van der Waals surface area contributed by atoms with E-state index >= 15 is 0 Å². The van der Waals surface area contributed by atoms with Crippen LogP contribution in [-0.4, -0.2) is 20.6 Å². The third-order valence-corrected chi connectivity index (χ3v) is 5.99. The maximum atomic E-state index is 12.4. The normalized spacial score (nSPS) is 13.6. The molecule has 0 bridgehead atoms. The summed E-state index contributed by atoms with van der Waals surface area (Å²) < 4.78 is 36.1. The third kappa shape index (κ3) is 5.92. The van der Waals surface area contributed by atoms with Crippen LogP contribution in [0, 0.1) is 6.92 Å². The lowest BCUT2D eigenvalue weighted by molar-refractivity contribution is 0.135. The van der Waals surface area contributed by atoms with E-state index in [0.29, 0.717) is 6.42 Å². The van der Waals surface area contributed by atoms with E-state index in [9.17, 15) is 8.42 Å². The molecule has 5 heteroatoms. The zero-order valence-corrected chi connectivity index (χ0v) is 17.7. The van der Waals surface area contributed by atoms with Gasteiger partial charge in [0.15, 0.2) is 0 Å². The topological polar surface area (TPSA) is 52.6 Å². The molecule has 0 saturated heterocycles. The molecular weight excluding hydrogens is 384 g/mol. The van der Waals surface area contributed by atoms with Crippen LogP contribution in [0.1, 0.15) is 25.8 Å². The summed E-state index contributed by atoms with van der Waals surface area (Å²) in [6, 6.07) is 24.6. The molecule has 0 spiro atoms. The Morgan fingerprint density at radius 3 is 1.97 bits per heavy atom. The van der Waals surface area contributed by atoms with Crippen LogP contribution >= 0.6 is 0 Å². The number of aryl methyl sites for hydroxylation is 1. The first-order chi connectivity index (χ1) is 13.8. The van der Waals surface area contributed by atoms with Gasteiger partial charge in [0, 0.05) is 6.42 Å². The number of hydrogen-bond donors (Lipinski definition) is 0. The van der Waals surface area contributed by atoms with E-state index < -0.39 is 16.2 Å². The van der Waals surface area contributed by atoms with Crippen molar-refractivity contribution in [2.75, 3.05) is 0 Å². The van der Waals surface area contributed by atoms with Crippen molar-refractivity contribution in [1.29, 1.82) is 0 Å². The summed E-state index contributed by atoms with van der Waals surface area (Å²) in [6.45, 7) is 5.55. The SMILES string of the molecule is Cc1ccc(S(=O)(=O)O[C@@H](C)C[C@H](C)Oc2ccc(-c3ccccc3)cc2)cc1. The smallest absolute Gasteiger partial charge is 0.297 e. The van der Waals surface area contributed by atoms with Crippen molar-refractivity contribution in [2.24, 2.45) is 0 Å². The molecule has 0 aliphatic carbocycles. The summed E-state index contributed by atoms with van der Waals surface area (Å²) >= 11 is 0. The highest BCUT2D eigenvalue weighted by Gasteiger charge is 2.21. The first-order valence-corrected chi connectivity index (χ1v) is 11.1. The van der Waals surface area contributed by atoms with Gasteiger partial charge in [-0.3, -0.25) is 4.18 Å². The lowest BCUT2D eigenvalue weighted by Gasteiger charge is -2.19. The summed E-state index contributed by atoms with van der Waals surface area (Å²) in [5.41, 5.74) is 3.26. The number of rotatable bonds is 8. The Hall–Kier alpha value is -2.63. The second-order valence-electron chi connectivity index (χ2n) is 7.23. The van der Waals surface area contributed by atoms with Gasteiger partial charge in [-0.05, 0) is 56.2 Å². The standard InChI is InChI=1S/C24H26O4S/c1-18-9-15-24(16-10-18)29(25,26)28-20(3)17-19(2)27-23-13-11-22(12-14-23)21-7-5-4-6-8-21/h4-16,19-20H,17H2,1-3H3/t19-,20-/m0/s1. The predicted octanol–water partition coefficient (Wildman–Crippen LogP) is 5.61. The Balaban J connectivity index is 1.56. The van der Waals surface area contributed by atoms with E-state index in [1.165, 1.54) is 0 Å². The molecule has 0 radical (unpaired) electrons. The Bertz CT molecular complexity index is 1010. The lowest BCUT2D eigenvalue weighted by Crippen LogP contribution is -2.23. The average Bonchev–Trinajstić information content (AvgIpc) is 2.69. The molecule has 152 valence electrons. The van der Waals surface area contributed by atoms with E-state index in [-0.39, 0.29) is 11.0 Å². The first kappa shape index (κ1) is 21.1. The zero-order valence-electron chi connectivity index (χ0n) is 16.9. The molecule has 2 atom stereocenters. The van der Waals surface area contributed by atoms with Gasteiger partial charge in [0.2, 0.25) is 0 Å². The first-order valence-electron chi connectivity index (χ1n) is 9.65. The maximum Gasteiger partial charge on any atom is 0.297 e. The maximum absolute atomic E-state index is 12.4. The number of benzene rings is 3. The van der Waals surface area contributed by atoms with E-state index in [4.69, 9.17) is 8.92 Å². The van der Waals surface area contributed by atoms with Gasteiger partial charge in [0.05, 0.1) is 17.1 Å². The van der Waals surface area contributed by atoms with Crippen molar-refractivity contribution >= 4 is 10.1 Å². The quantitative estimate of drug-likeness (QED) is 0.453. The van der Waals surface area contributed by atoms with E-state index in [2.05, 4.69) is 12.1 Å². The second-order valence-corrected chi connectivity index (χ2v) is 8.80. The molecule has 29 heavy (non-hydrogen) atoms. The average molecular weight is 411 g/mol. The third-order valence-electron chi connectivity index (χ3n) is 4.56. The van der Waals surface area contributed by atoms with Gasteiger partial charge in [-0.25, -0.2) is 0 Å². The minimum atomic E-state index is -3.79. The van der Waals surface area contributed by atoms with Crippen molar-refractivity contribution in [2.45, 2.75) is 44.3 Å². The highest BCUT2D eigenvalue weighted by atomic mass is 32.2. The molecule has 0 saturated carbocycles. The van der Waals surface area contributed by atoms with Crippen LogP contribution in [-0.2, 0) is 14.3 Å². The Morgan fingerprint density at radius 1 is 0.759 bits per heavy atom. The molecule has 0 aliphatic rings. The van der Waals surface area contributed by atoms with Crippen molar-refractivity contribution in [1.82, 2.24) is 0 Å². The number of hydrogen-bond acceptors (Lipinski definition) is 4. The van der Waals surface area contributed by atoms with Crippen LogP contribution < -0.4 is 4.74 Å². The highest BCUT2D eigenvalue weighted by Crippen LogP contribution is 2.24. The van der Waals surface area contributed by atoms with Crippen LogP contribution in [0.15, 0.2) is 83.8 Å². The monoisotopic (exact) mass is 410 g/mol. The van der Waals surface area contributed by atoms with Gasteiger partial charge in [-0.15, -0.1) is 0 Å². The molecule has 0 amide bonds. The molecule has 3 rings (SSSR count). The summed E-state index contributed by atoms with van der Waals surface area (Å²) in [7, 11) is -3.79. The van der Waals surface area contributed by atoms with Gasteiger partial charge in [-0.2, -0.15) is 8.42 Å². The summed E-state index contributed by atoms with van der Waals surface area (Å²) in [4.78, 5) is 0.167. The predicted molar refractivity (Wildman–Crippen MR) is 115 cm³/mol. The zero-order chi connectivity index (χ0) is 20.9. The Labute approximate surface area is 173 Å². The van der Waals surface area contributed by atoms with Crippen LogP contribution in [0.5, 0.6) is 5.75 Å². The largest absolute Gasteiger partial charge is 0.491 e. The fraction of sp³-hybridized carbons (Fsp3) is 0.250. The minimum Gasteiger partial charge on any atom is -0.491 e. The summed E-state index contributed by atoms with van der Waals surface area (Å²) in [5, 5.41) is 0. The van der Waals surface area contributed by atoms with Crippen molar-refractivity contribution in [3.05, 3.63) is 84.4 Å². The molecule has 0 aromatic heterocycles. The molecule has 3 aromatic carbocycles. The number of ether oxygens (including phenoxy) is 1. The van der Waals surface area contributed by atoms with Crippen LogP contribution in [0.4, 0.5) is 0 Å². The molecule has 0 N–H and O–H groups in total. The Kier molecular flexibility index (Phi) is 6.72. The van der Waals surface area contributed by atoms with Crippen LogP contribution in [0.3, 0.4) is 0 Å². The van der Waals surface area contributed by atoms with Crippen LogP contribution in [0.25, 0.3) is 11.1 Å². The van der Waals surface area contributed by atoms with Gasteiger partial charge in [-0.1, -0.05) is 60.2 Å². The van der Waals surface area contributed by atoms with Gasteiger partial charge >= 0.3 is 0 Å². The Morgan fingerprint density at radius 2 is 1.34 bits per heavy atom. The van der Waals surface area contributed by atoms with Gasteiger partial charge < -0.3 is 4.74 Å². The fourth-order valence-corrected chi connectivity index (χ4v) is 4.21. The fourth-order valence-electron chi connectivity index (χ4n) is 3.12. The molecule has 0 unspecified atom stereocenters. The molecule has 0 fully saturated rings. The minimum absolute atomic E-state index is 0.167. The molecule has 0 heterocycles. The molecule has 0 aliphatic heterocycles. The van der Waals surface area contributed by atoms with E-state index in [1.807, 2.05) is 56.3 Å². The van der Waals surface area contributed by atoms with Gasteiger partial charge in [0.25, 0.3) is 10.1 Å². The second kappa shape index (κ2) is 9.25. The highest BCUT2D eigenvalue weighted by molar-refractivity contribution is 7.86. The van der Waals surface area contributed by atoms with E-state index in [0.717, 1.165) is 22.4 Å².